The van der Waals surface area contributed by atoms with Crippen LogP contribution in [0.15, 0.2) is 54.6 Å². The molecule has 0 aromatic heterocycles. The quantitative estimate of drug-likeness (QED) is 0.911. The van der Waals surface area contributed by atoms with Gasteiger partial charge >= 0.3 is 6.03 Å². The van der Waals surface area contributed by atoms with E-state index in [4.69, 9.17) is 0 Å². The third-order valence-electron chi connectivity index (χ3n) is 4.22. The lowest BCUT2D eigenvalue weighted by Gasteiger charge is -2.22. The zero-order valence-electron chi connectivity index (χ0n) is 13.5. The summed E-state index contributed by atoms with van der Waals surface area (Å²) >= 11 is 0. The normalized spacial score (nSPS) is 13.9. The van der Waals surface area contributed by atoms with Gasteiger partial charge in [0.05, 0.1) is 0 Å². The molecule has 0 saturated carbocycles. The van der Waals surface area contributed by atoms with Crippen LogP contribution in [-0.4, -0.2) is 25.7 Å². The first-order chi connectivity index (χ1) is 11.3. The van der Waals surface area contributed by atoms with E-state index in [1.165, 1.54) is 18.5 Å². The van der Waals surface area contributed by atoms with Crippen molar-refractivity contribution in [1.82, 2.24) is 0 Å². The van der Waals surface area contributed by atoms with Crippen LogP contribution < -0.4 is 15.1 Å². The van der Waals surface area contributed by atoms with Crippen molar-refractivity contribution in [3.63, 3.8) is 0 Å². The summed E-state index contributed by atoms with van der Waals surface area (Å²) in [6.45, 7) is 4.86. The molecule has 2 aromatic carbocycles. The number of nitrogens with one attached hydrogen (secondary N) is 1. The minimum Gasteiger partial charge on any atom is -0.372 e. The molecular formula is C19H23N3O. The van der Waals surface area contributed by atoms with Crippen LogP contribution in [0.4, 0.5) is 21.9 Å². The zero-order valence-corrected chi connectivity index (χ0v) is 13.5. The Labute approximate surface area is 137 Å². The van der Waals surface area contributed by atoms with Gasteiger partial charge in [0.25, 0.3) is 0 Å². The summed E-state index contributed by atoms with van der Waals surface area (Å²) in [4.78, 5) is 16.6. The summed E-state index contributed by atoms with van der Waals surface area (Å²) in [5.41, 5.74) is 2.96. The van der Waals surface area contributed by atoms with Gasteiger partial charge in [-0.1, -0.05) is 18.2 Å². The molecule has 1 heterocycles. The molecular weight excluding hydrogens is 286 g/mol. The number of para-hydroxylation sites is 1. The van der Waals surface area contributed by atoms with Crippen molar-refractivity contribution in [2.45, 2.75) is 19.8 Å². The number of carbonyl (C=O) groups is 1. The van der Waals surface area contributed by atoms with Gasteiger partial charge in [-0.15, -0.1) is 0 Å². The SMILES string of the molecule is CCN(C(=O)Nc1ccc(N2CCCC2)cc1)c1ccccc1. The highest BCUT2D eigenvalue weighted by Gasteiger charge is 2.15. The lowest BCUT2D eigenvalue weighted by molar-refractivity contribution is 0.257. The average molecular weight is 309 g/mol. The summed E-state index contributed by atoms with van der Waals surface area (Å²) in [5.74, 6) is 0. The monoisotopic (exact) mass is 309 g/mol. The van der Waals surface area contributed by atoms with Gasteiger partial charge in [-0.2, -0.15) is 0 Å². The summed E-state index contributed by atoms with van der Waals surface area (Å²) in [6.07, 6.45) is 2.53. The van der Waals surface area contributed by atoms with E-state index in [0.29, 0.717) is 6.54 Å². The van der Waals surface area contributed by atoms with Gasteiger partial charge in [-0.3, -0.25) is 4.90 Å². The molecule has 3 rings (SSSR count). The first-order valence-electron chi connectivity index (χ1n) is 8.26. The highest BCUT2D eigenvalue weighted by Crippen LogP contribution is 2.22. The van der Waals surface area contributed by atoms with Crippen molar-refractivity contribution in [3.8, 4) is 0 Å². The van der Waals surface area contributed by atoms with Crippen molar-refractivity contribution in [2.75, 3.05) is 34.8 Å². The van der Waals surface area contributed by atoms with Crippen molar-refractivity contribution < 1.29 is 4.79 Å². The van der Waals surface area contributed by atoms with E-state index in [0.717, 1.165) is 24.5 Å². The van der Waals surface area contributed by atoms with E-state index in [2.05, 4.69) is 22.3 Å². The van der Waals surface area contributed by atoms with Gasteiger partial charge < -0.3 is 10.2 Å². The lowest BCUT2D eigenvalue weighted by Crippen LogP contribution is -2.34. The topological polar surface area (TPSA) is 35.6 Å². The Kier molecular flexibility index (Phi) is 4.81. The fraction of sp³-hybridized carbons (Fsp3) is 0.316. The predicted molar refractivity (Wildman–Crippen MR) is 96.4 cm³/mol. The molecule has 0 radical (unpaired) electrons. The standard InChI is InChI=1S/C19H23N3O/c1-2-22(18-8-4-3-5-9-18)19(23)20-16-10-12-17(13-11-16)21-14-6-7-15-21/h3-5,8-13H,2,6-7,14-15H2,1H3,(H,20,23). The van der Waals surface area contributed by atoms with E-state index in [1.54, 1.807) is 4.90 Å². The van der Waals surface area contributed by atoms with Crippen LogP contribution in [0.2, 0.25) is 0 Å². The van der Waals surface area contributed by atoms with Gasteiger partial charge in [0.15, 0.2) is 0 Å². The Morgan fingerprint density at radius 2 is 1.70 bits per heavy atom. The van der Waals surface area contributed by atoms with Crippen LogP contribution in [0.1, 0.15) is 19.8 Å². The smallest absolute Gasteiger partial charge is 0.326 e. The predicted octanol–water partition coefficient (Wildman–Crippen LogP) is 4.35. The second-order valence-corrected chi connectivity index (χ2v) is 5.75. The Balaban J connectivity index is 1.67. The number of rotatable bonds is 4. The largest absolute Gasteiger partial charge is 0.372 e. The number of urea groups is 1. The lowest BCUT2D eigenvalue weighted by atomic mass is 10.2. The average Bonchev–Trinajstić information content (AvgIpc) is 3.12. The minimum atomic E-state index is -0.104. The van der Waals surface area contributed by atoms with Gasteiger partial charge in [-0.25, -0.2) is 4.79 Å². The molecule has 0 bridgehead atoms. The van der Waals surface area contributed by atoms with Crippen LogP contribution in [-0.2, 0) is 0 Å². The summed E-state index contributed by atoms with van der Waals surface area (Å²) in [6, 6.07) is 17.7. The fourth-order valence-corrected chi connectivity index (χ4v) is 2.97. The van der Waals surface area contributed by atoms with Gasteiger partial charge in [0, 0.05) is 36.7 Å². The van der Waals surface area contributed by atoms with Crippen LogP contribution in [0.3, 0.4) is 0 Å². The van der Waals surface area contributed by atoms with Crippen LogP contribution >= 0.6 is 0 Å². The zero-order chi connectivity index (χ0) is 16.1. The molecule has 1 saturated heterocycles. The second-order valence-electron chi connectivity index (χ2n) is 5.75. The minimum absolute atomic E-state index is 0.104. The third kappa shape index (κ3) is 3.65. The van der Waals surface area contributed by atoms with Crippen LogP contribution in [0.5, 0.6) is 0 Å². The number of hydrogen-bond donors (Lipinski definition) is 1. The molecule has 0 unspecified atom stereocenters. The summed E-state index contributed by atoms with van der Waals surface area (Å²) < 4.78 is 0. The van der Waals surface area contributed by atoms with Crippen molar-refractivity contribution in [1.29, 1.82) is 0 Å². The summed E-state index contributed by atoms with van der Waals surface area (Å²) in [5, 5.41) is 2.98. The molecule has 0 atom stereocenters. The number of nitrogens with zero attached hydrogens (tertiary/aromatic N) is 2. The Morgan fingerprint density at radius 1 is 1.04 bits per heavy atom. The molecule has 23 heavy (non-hydrogen) atoms. The van der Waals surface area contributed by atoms with Crippen molar-refractivity contribution >= 4 is 23.1 Å². The number of benzene rings is 2. The van der Waals surface area contributed by atoms with Gasteiger partial charge in [0.1, 0.15) is 0 Å². The van der Waals surface area contributed by atoms with E-state index >= 15 is 0 Å². The molecule has 120 valence electrons. The molecule has 1 aliphatic heterocycles. The first-order valence-corrected chi connectivity index (χ1v) is 8.26. The maximum Gasteiger partial charge on any atom is 0.326 e. The molecule has 2 aromatic rings. The Hall–Kier alpha value is -2.49. The maximum atomic E-state index is 12.5. The Bertz CT molecular complexity index is 633. The first kappa shape index (κ1) is 15.4. The molecule has 1 fully saturated rings. The molecule has 4 nitrogen and oxygen atoms in total. The molecule has 0 aliphatic carbocycles. The number of amides is 2. The van der Waals surface area contributed by atoms with Crippen LogP contribution in [0.25, 0.3) is 0 Å². The summed E-state index contributed by atoms with van der Waals surface area (Å²) in [7, 11) is 0. The number of anilines is 3. The Morgan fingerprint density at radius 3 is 2.30 bits per heavy atom. The van der Waals surface area contributed by atoms with Gasteiger partial charge in [0.2, 0.25) is 0 Å². The highest BCUT2D eigenvalue weighted by molar-refractivity contribution is 6.01. The van der Waals surface area contributed by atoms with Gasteiger partial charge in [-0.05, 0) is 56.2 Å². The fourth-order valence-electron chi connectivity index (χ4n) is 2.97. The third-order valence-corrected chi connectivity index (χ3v) is 4.22. The van der Waals surface area contributed by atoms with Crippen molar-refractivity contribution in [2.24, 2.45) is 0 Å². The molecule has 1 aliphatic rings. The number of hydrogen-bond acceptors (Lipinski definition) is 2. The van der Waals surface area contributed by atoms with Crippen LogP contribution in [0, 0.1) is 0 Å². The highest BCUT2D eigenvalue weighted by atomic mass is 16.2. The molecule has 0 spiro atoms. The molecule has 2 amide bonds. The van der Waals surface area contributed by atoms with E-state index in [1.807, 2.05) is 49.4 Å². The number of carbonyl (C=O) groups excluding carboxylic acids is 1. The second kappa shape index (κ2) is 7.18. The maximum absolute atomic E-state index is 12.5. The van der Waals surface area contributed by atoms with E-state index < -0.39 is 0 Å². The molecule has 1 N–H and O–H groups in total. The molecule has 4 heteroatoms. The van der Waals surface area contributed by atoms with E-state index in [-0.39, 0.29) is 6.03 Å². The van der Waals surface area contributed by atoms with E-state index in [9.17, 15) is 4.79 Å². The van der Waals surface area contributed by atoms with Crippen molar-refractivity contribution in [3.05, 3.63) is 54.6 Å².